The molecule has 0 amide bonds. The molecule has 0 aliphatic carbocycles. The van der Waals surface area contributed by atoms with Crippen LogP contribution in [0.5, 0.6) is 5.75 Å². The average Bonchev–Trinajstić information content (AvgIpc) is 2.52. The number of ether oxygens (including phenoxy) is 2. The maximum Gasteiger partial charge on any atom is 0.338 e. The third-order valence-corrected chi connectivity index (χ3v) is 2.89. The van der Waals surface area contributed by atoms with Crippen LogP contribution in [0.4, 0.5) is 5.69 Å². The number of carbonyl (C=O) groups excluding carboxylic acids is 1. The van der Waals surface area contributed by atoms with Crippen molar-refractivity contribution in [3.05, 3.63) is 59.7 Å². The lowest BCUT2D eigenvalue weighted by Gasteiger charge is -2.08. The first-order valence-electron chi connectivity index (χ1n) is 6.93. The lowest BCUT2D eigenvalue weighted by molar-refractivity contribution is 0.0505. The molecule has 0 bridgehead atoms. The number of carbonyl (C=O) groups is 1. The van der Waals surface area contributed by atoms with Gasteiger partial charge in [0.25, 0.3) is 0 Å². The third-order valence-electron chi connectivity index (χ3n) is 2.89. The number of esters is 1. The molecule has 4 heteroatoms. The van der Waals surface area contributed by atoms with E-state index in [9.17, 15) is 4.79 Å². The Labute approximate surface area is 124 Å². The first kappa shape index (κ1) is 14.9. The fourth-order valence-electron chi connectivity index (χ4n) is 1.80. The predicted molar refractivity (Wildman–Crippen MR) is 82.2 cm³/mol. The molecule has 21 heavy (non-hydrogen) atoms. The second kappa shape index (κ2) is 7.33. The van der Waals surface area contributed by atoms with Crippen LogP contribution in [0.25, 0.3) is 0 Å². The van der Waals surface area contributed by atoms with Crippen LogP contribution < -0.4 is 10.5 Å². The monoisotopic (exact) mass is 285 g/mol. The first-order chi connectivity index (χ1) is 10.2. The molecule has 0 atom stereocenters. The van der Waals surface area contributed by atoms with Crippen molar-refractivity contribution < 1.29 is 14.3 Å². The second-order valence-corrected chi connectivity index (χ2v) is 4.69. The van der Waals surface area contributed by atoms with Gasteiger partial charge in [0.1, 0.15) is 12.4 Å². The molecule has 0 unspecified atom stereocenters. The molecule has 2 aromatic rings. The first-order valence-corrected chi connectivity index (χ1v) is 6.93. The van der Waals surface area contributed by atoms with Gasteiger partial charge in [-0.25, -0.2) is 4.79 Å². The molecule has 0 fully saturated rings. The smallest absolute Gasteiger partial charge is 0.338 e. The highest BCUT2D eigenvalue weighted by atomic mass is 16.5. The molecule has 0 saturated heterocycles. The number of nitrogen functional groups attached to an aromatic ring is 1. The van der Waals surface area contributed by atoms with E-state index in [0.29, 0.717) is 24.5 Å². The van der Waals surface area contributed by atoms with Gasteiger partial charge < -0.3 is 15.2 Å². The average molecular weight is 285 g/mol. The number of rotatable bonds is 6. The fourth-order valence-corrected chi connectivity index (χ4v) is 1.80. The van der Waals surface area contributed by atoms with E-state index in [1.807, 2.05) is 31.2 Å². The maximum atomic E-state index is 11.8. The summed E-state index contributed by atoms with van der Waals surface area (Å²) in [6, 6.07) is 14.5. The molecular weight excluding hydrogens is 266 g/mol. The molecule has 2 N–H and O–H groups in total. The molecule has 0 aliphatic heterocycles. The van der Waals surface area contributed by atoms with Gasteiger partial charge in [0.2, 0.25) is 0 Å². The van der Waals surface area contributed by atoms with Crippen LogP contribution in [0.15, 0.2) is 48.5 Å². The van der Waals surface area contributed by atoms with E-state index < -0.39 is 0 Å². The second-order valence-electron chi connectivity index (χ2n) is 4.69. The van der Waals surface area contributed by atoms with Gasteiger partial charge in [0, 0.05) is 5.69 Å². The quantitative estimate of drug-likeness (QED) is 0.652. The normalized spacial score (nSPS) is 10.1. The van der Waals surface area contributed by atoms with Crippen molar-refractivity contribution in [1.82, 2.24) is 0 Å². The highest BCUT2D eigenvalue weighted by Crippen LogP contribution is 2.15. The van der Waals surface area contributed by atoms with Crippen LogP contribution in [-0.4, -0.2) is 12.6 Å². The van der Waals surface area contributed by atoms with Crippen molar-refractivity contribution in [1.29, 1.82) is 0 Å². The minimum Gasteiger partial charge on any atom is -0.489 e. The SMILES string of the molecule is CCCOC(=O)c1cccc(COc2ccc(N)cc2)c1. The number of nitrogens with two attached hydrogens (primary N) is 1. The van der Waals surface area contributed by atoms with E-state index >= 15 is 0 Å². The summed E-state index contributed by atoms with van der Waals surface area (Å²) in [4.78, 5) is 11.8. The molecule has 0 radical (unpaired) electrons. The zero-order valence-electron chi connectivity index (χ0n) is 12.0. The molecule has 0 heterocycles. The molecule has 0 spiro atoms. The van der Waals surface area contributed by atoms with Crippen LogP contribution in [0.2, 0.25) is 0 Å². The Morgan fingerprint density at radius 2 is 1.90 bits per heavy atom. The van der Waals surface area contributed by atoms with Crippen molar-refractivity contribution in [3.8, 4) is 5.75 Å². The van der Waals surface area contributed by atoms with Crippen molar-refractivity contribution >= 4 is 11.7 Å². The van der Waals surface area contributed by atoms with Gasteiger partial charge in [0.15, 0.2) is 0 Å². The molecule has 2 aromatic carbocycles. The Hall–Kier alpha value is -2.49. The molecule has 0 aliphatic rings. The Morgan fingerprint density at radius 3 is 2.62 bits per heavy atom. The maximum absolute atomic E-state index is 11.8. The summed E-state index contributed by atoms with van der Waals surface area (Å²) in [5.74, 6) is 0.439. The van der Waals surface area contributed by atoms with Crippen LogP contribution in [0.1, 0.15) is 29.3 Å². The summed E-state index contributed by atoms with van der Waals surface area (Å²) >= 11 is 0. The van der Waals surface area contributed by atoms with Crippen LogP contribution in [-0.2, 0) is 11.3 Å². The highest BCUT2D eigenvalue weighted by Gasteiger charge is 2.07. The summed E-state index contributed by atoms with van der Waals surface area (Å²) in [6.45, 7) is 2.79. The molecule has 110 valence electrons. The minimum absolute atomic E-state index is 0.300. The van der Waals surface area contributed by atoms with Gasteiger partial charge in [-0.05, 0) is 48.4 Å². The van der Waals surface area contributed by atoms with E-state index in [1.165, 1.54) is 0 Å². The Bertz CT molecular complexity index is 593. The minimum atomic E-state index is -0.300. The predicted octanol–water partition coefficient (Wildman–Crippen LogP) is 3.41. The summed E-state index contributed by atoms with van der Waals surface area (Å²) in [5, 5.41) is 0. The lowest BCUT2D eigenvalue weighted by atomic mass is 10.1. The van der Waals surface area contributed by atoms with Crippen LogP contribution in [0, 0.1) is 0 Å². The summed E-state index contributed by atoms with van der Waals surface area (Å²) in [7, 11) is 0. The van der Waals surface area contributed by atoms with Crippen LogP contribution >= 0.6 is 0 Å². The van der Waals surface area contributed by atoms with Crippen molar-refractivity contribution in [2.45, 2.75) is 20.0 Å². The van der Waals surface area contributed by atoms with E-state index in [2.05, 4.69) is 0 Å². The summed E-state index contributed by atoms with van der Waals surface area (Å²) < 4.78 is 10.8. The van der Waals surface area contributed by atoms with E-state index in [-0.39, 0.29) is 5.97 Å². The fraction of sp³-hybridized carbons (Fsp3) is 0.235. The van der Waals surface area contributed by atoms with Crippen molar-refractivity contribution in [2.24, 2.45) is 0 Å². The van der Waals surface area contributed by atoms with Crippen molar-refractivity contribution in [2.75, 3.05) is 12.3 Å². The van der Waals surface area contributed by atoms with Gasteiger partial charge in [-0.2, -0.15) is 0 Å². The highest BCUT2D eigenvalue weighted by molar-refractivity contribution is 5.89. The van der Waals surface area contributed by atoms with Crippen molar-refractivity contribution in [3.63, 3.8) is 0 Å². The molecular formula is C17H19NO3. The number of anilines is 1. The number of hydrogen-bond acceptors (Lipinski definition) is 4. The molecule has 0 saturated carbocycles. The molecule has 4 nitrogen and oxygen atoms in total. The van der Waals surface area contributed by atoms with Gasteiger partial charge in [-0.1, -0.05) is 19.1 Å². The zero-order valence-corrected chi connectivity index (χ0v) is 12.0. The van der Waals surface area contributed by atoms with Gasteiger partial charge >= 0.3 is 5.97 Å². The largest absolute Gasteiger partial charge is 0.489 e. The topological polar surface area (TPSA) is 61.5 Å². The Kier molecular flexibility index (Phi) is 5.21. The zero-order chi connectivity index (χ0) is 15.1. The number of hydrogen-bond donors (Lipinski definition) is 1. The Morgan fingerprint density at radius 1 is 1.14 bits per heavy atom. The van der Waals surface area contributed by atoms with E-state index in [1.54, 1.807) is 24.3 Å². The van der Waals surface area contributed by atoms with Gasteiger partial charge in [-0.15, -0.1) is 0 Å². The van der Waals surface area contributed by atoms with Crippen LogP contribution in [0.3, 0.4) is 0 Å². The Balaban J connectivity index is 1.97. The molecule has 2 rings (SSSR count). The van der Waals surface area contributed by atoms with E-state index in [4.69, 9.17) is 15.2 Å². The third kappa shape index (κ3) is 4.53. The van der Waals surface area contributed by atoms with Gasteiger partial charge in [-0.3, -0.25) is 0 Å². The van der Waals surface area contributed by atoms with Gasteiger partial charge in [0.05, 0.1) is 12.2 Å². The number of benzene rings is 2. The lowest BCUT2D eigenvalue weighted by Crippen LogP contribution is -2.06. The standard InChI is InChI=1S/C17H19NO3/c1-2-10-20-17(19)14-5-3-4-13(11-14)12-21-16-8-6-15(18)7-9-16/h3-9,11H,2,10,12,18H2,1H3. The summed E-state index contributed by atoms with van der Waals surface area (Å²) in [5.41, 5.74) is 7.78. The molecule has 0 aromatic heterocycles. The van der Waals surface area contributed by atoms with E-state index in [0.717, 1.165) is 17.7 Å². The summed E-state index contributed by atoms with van der Waals surface area (Å²) in [6.07, 6.45) is 0.811.